The molecule has 53 heavy (non-hydrogen) atoms. The van der Waals surface area contributed by atoms with Crippen LogP contribution in [0.2, 0.25) is 0 Å². The van der Waals surface area contributed by atoms with Gasteiger partial charge in [0.1, 0.15) is 18.2 Å². The van der Waals surface area contributed by atoms with Crippen molar-refractivity contribution in [3.8, 4) is 33.4 Å². The molecule has 11 rings (SSSR count). The summed E-state index contributed by atoms with van der Waals surface area (Å²) < 4.78 is 0. The highest BCUT2D eigenvalue weighted by molar-refractivity contribution is 6.02. The van der Waals surface area contributed by atoms with Crippen molar-refractivity contribution in [3.05, 3.63) is 196 Å². The van der Waals surface area contributed by atoms with Crippen LogP contribution in [0.3, 0.4) is 0 Å². The fraction of sp³-hybridized carbons (Fsp3) is 0.140. The molecule has 0 amide bonds. The molecule has 0 bridgehead atoms. The lowest BCUT2D eigenvalue weighted by Gasteiger charge is -2.33. The number of fused-ring (bicyclic) bond motifs is 9. The standard InChI is InChI=1S/C50H39N3/c1-4-14-39-31(9-1)12-7-17-40(39)33-19-22-35(23-20-33)48-51-49(53-50(52-48)45-18-8-13-37-29-36-11-3-6-16-42(36)47(37)45)38-24-21-34-26-27-43-41-15-5-2-10-32(41)25-28-44(43)46(34)30-38/h2-8,10-25,28,30,48,50,52H,1,9,26-27,29H2,(H,51,53). The molecule has 3 heteroatoms. The van der Waals surface area contributed by atoms with Crippen LogP contribution in [-0.4, -0.2) is 5.84 Å². The summed E-state index contributed by atoms with van der Waals surface area (Å²) in [5.74, 6) is 0.921. The second-order valence-electron chi connectivity index (χ2n) is 15.0. The first-order chi connectivity index (χ1) is 26.2. The maximum atomic E-state index is 5.45. The maximum absolute atomic E-state index is 5.45. The van der Waals surface area contributed by atoms with E-state index in [4.69, 9.17) is 4.99 Å². The third kappa shape index (κ3) is 5.10. The summed E-state index contributed by atoms with van der Waals surface area (Å²) in [6.07, 6.45) is 9.54. The Morgan fingerprint density at radius 1 is 0.566 bits per heavy atom. The SMILES string of the molecule is C1=Cc2c(cccc2-c2ccc(C3N=C(c4ccc5c(c4)-c4ccc6ccccc6c4CC5)NC(c4cccc5c4-c4ccccc4C5)N3)cc2)CC1. The zero-order valence-electron chi connectivity index (χ0n) is 29.6. The number of rotatable bonds is 4. The molecular formula is C50H39N3. The maximum Gasteiger partial charge on any atom is 0.131 e. The molecule has 3 nitrogen and oxygen atoms in total. The first-order valence-corrected chi connectivity index (χ1v) is 19.1. The average Bonchev–Trinajstić information content (AvgIpc) is 3.62. The van der Waals surface area contributed by atoms with Gasteiger partial charge in [0.05, 0.1) is 0 Å². The zero-order chi connectivity index (χ0) is 34.9. The molecule has 7 aromatic rings. The van der Waals surface area contributed by atoms with Gasteiger partial charge in [0.25, 0.3) is 0 Å². The predicted molar refractivity (Wildman–Crippen MR) is 219 cm³/mol. The smallest absolute Gasteiger partial charge is 0.131 e. The lowest BCUT2D eigenvalue weighted by molar-refractivity contribution is 0.409. The molecule has 0 radical (unpaired) electrons. The van der Waals surface area contributed by atoms with Gasteiger partial charge >= 0.3 is 0 Å². The van der Waals surface area contributed by atoms with Crippen molar-refractivity contribution < 1.29 is 0 Å². The van der Waals surface area contributed by atoms with E-state index in [1.54, 1.807) is 0 Å². The van der Waals surface area contributed by atoms with Crippen molar-refractivity contribution in [2.75, 3.05) is 0 Å². The average molecular weight is 682 g/mol. The Balaban J connectivity index is 1.02. The molecule has 2 unspecified atom stereocenters. The third-order valence-corrected chi connectivity index (χ3v) is 12.0. The molecule has 0 spiro atoms. The minimum absolute atomic E-state index is 0.133. The molecule has 4 aliphatic rings. The van der Waals surface area contributed by atoms with Crippen LogP contribution in [0.1, 0.15) is 68.8 Å². The molecule has 3 aliphatic carbocycles. The Bertz CT molecular complexity index is 2660. The van der Waals surface area contributed by atoms with Gasteiger partial charge in [0, 0.05) is 5.56 Å². The molecule has 0 fully saturated rings. The first-order valence-electron chi connectivity index (χ1n) is 19.1. The summed E-state index contributed by atoms with van der Waals surface area (Å²) >= 11 is 0. The summed E-state index contributed by atoms with van der Waals surface area (Å²) in [6.45, 7) is 0. The van der Waals surface area contributed by atoms with Gasteiger partial charge < -0.3 is 5.32 Å². The highest BCUT2D eigenvalue weighted by atomic mass is 15.3. The second-order valence-corrected chi connectivity index (χ2v) is 15.0. The van der Waals surface area contributed by atoms with Gasteiger partial charge in [0.2, 0.25) is 0 Å². The number of benzene rings is 7. The van der Waals surface area contributed by atoms with Gasteiger partial charge in [0.15, 0.2) is 0 Å². The van der Waals surface area contributed by atoms with E-state index >= 15 is 0 Å². The fourth-order valence-electron chi connectivity index (χ4n) is 9.37. The van der Waals surface area contributed by atoms with E-state index in [1.165, 1.54) is 83.1 Å². The van der Waals surface area contributed by atoms with E-state index in [9.17, 15) is 0 Å². The van der Waals surface area contributed by atoms with Crippen LogP contribution in [0.15, 0.2) is 151 Å². The highest BCUT2D eigenvalue weighted by Gasteiger charge is 2.31. The Kier molecular flexibility index (Phi) is 7.09. The van der Waals surface area contributed by atoms with Gasteiger partial charge in [-0.25, -0.2) is 4.99 Å². The van der Waals surface area contributed by atoms with Crippen LogP contribution >= 0.6 is 0 Å². The van der Waals surface area contributed by atoms with Gasteiger partial charge in [-0.15, -0.1) is 0 Å². The molecule has 2 N–H and O–H groups in total. The van der Waals surface area contributed by atoms with Crippen molar-refractivity contribution in [1.29, 1.82) is 0 Å². The van der Waals surface area contributed by atoms with Crippen LogP contribution in [0.25, 0.3) is 50.2 Å². The largest absolute Gasteiger partial charge is 0.350 e. The summed E-state index contributed by atoms with van der Waals surface area (Å²) in [7, 11) is 0. The number of aryl methyl sites for hydroxylation is 3. The van der Waals surface area contributed by atoms with Gasteiger partial charge in [-0.3, -0.25) is 5.32 Å². The van der Waals surface area contributed by atoms with E-state index in [0.717, 1.165) is 49.1 Å². The zero-order valence-corrected chi connectivity index (χ0v) is 29.6. The molecule has 1 aliphatic heterocycles. The molecule has 2 atom stereocenters. The molecule has 254 valence electrons. The minimum Gasteiger partial charge on any atom is -0.350 e. The van der Waals surface area contributed by atoms with Crippen molar-refractivity contribution in [2.45, 2.75) is 44.4 Å². The highest BCUT2D eigenvalue weighted by Crippen LogP contribution is 2.43. The van der Waals surface area contributed by atoms with Gasteiger partial charge in [-0.05, 0) is 127 Å². The number of aliphatic imine (C=N–C) groups is 1. The van der Waals surface area contributed by atoms with E-state index in [-0.39, 0.29) is 12.3 Å². The van der Waals surface area contributed by atoms with E-state index in [0.29, 0.717) is 0 Å². The Morgan fingerprint density at radius 3 is 2.34 bits per heavy atom. The second kappa shape index (κ2) is 12.3. The lowest BCUT2D eigenvalue weighted by Crippen LogP contribution is -2.45. The van der Waals surface area contributed by atoms with E-state index in [1.807, 2.05) is 0 Å². The summed E-state index contributed by atoms with van der Waals surface area (Å²) in [5, 5.41) is 10.5. The van der Waals surface area contributed by atoms with Crippen LogP contribution in [0, 0.1) is 0 Å². The molecule has 7 aromatic carbocycles. The number of nitrogens with one attached hydrogen (secondary N) is 2. The Labute approximate surface area is 310 Å². The fourth-order valence-corrected chi connectivity index (χ4v) is 9.37. The molecule has 0 saturated carbocycles. The topological polar surface area (TPSA) is 36.4 Å². The van der Waals surface area contributed by atoms with Crippen molar-refractivity contribution in [3.63, 3.8) is 0 Å². The van der Waals surface area contributed by atoms with Gasteiger partial charge in [-0.2, -0.15) is 0 Å². The number of nitrogens with zero attached hydrogens (tertiary/aromatic N) is 1. The van der Waals surface area contributed by atoms with Crippen molar-refractivity contribution in [1.82, 2.24) is 10.6 Å². The lowest BCUT2D eigenvalue weighted by atomic mass is 9.82. The summed E-state index contributed by atoms with van der Waals surface area (Å²) in [4.78, 5) is 5.45. The summed E-state index contributed by atoms with van der Waals surface area (Å²) in [6, 6.07) is 51.9. The normalized spacial score (nSPS) is 17.9. The van der Waals surface area contributed by atoms with E-state index < -0.39 is 0 Å². The summed E-state index contributed by atoms with van der Waals surface area (Å²) in [5.41, 5.74) is 19.9. The van der Waals surface area contributed by atoms with Crippen LogP contribution < -0.4 is 10.6 Å². The molecular weight excluding hydrogens is 643 g/mol. The van der Waals surface area contributed by atoms with Crippen LogP contribution in [-0.2, 0) is 25.7 Å². The quantitative estimate of drug-likeness (QED) is 0.194. The predicted octanol–water partition coefficient (Wildman–Crippen LogP) is 11.1. The number of amidine groups is 1. The first kappa shape index (κ1) is 30.6. The Hall–Kier alpha value is -6.03. The van der Waals surface area contributed by atoms with Crippen LogP contribution in [0.5, 0.6) is 0 Å². The number of hydrogen-bond donors (Lipinski definition) is 2. The minimum atomic E-state index is -0.227. The number of hydrogen-bond acceptors (Lipinski definition) is 3. The van der Waals surface area contributed by atoms with E-state index in [2.05, 4.69) is 162 Å². The molecule has 0 aromatic heterocycles. The number of allylic oxidation sites excluding steroid dienone is 1. The molecule has 1 heterocycles. The van der Waals surface area contributed by atoms with Crippen molar-refractivity contribution >= 4 is 22.7 Å². The Morgan fingerprint density at radius 2 is 1.38 bits per heavy atom. The van der Waals surface area contributed by atoms with Crippen LogP contribution in [0.4, 0.5) is 0 Å². The monoisotopic (exact) mass is 681 g/mol. The third-order valence-electron chi connectivity index (χ3n) is 12.0. The van der Waals surface area contributed by atoms with Gasteiger partial charge in [-0.1, -0.05) is 146 Å². The molecule has 0 saturated heterocycles. The van der Waals surface area contributed by atoms with Crippen molar-refractivity contribution in [2.24, 2.45) is 4.99 Å².